The van der Waals surface area contributed by atoms with Crippen LogP contribution in [0.25, 0.3) is 0 Å². The molecule has 0 aromatic rings. The first-order chi connectivity index (χ1) is 6.40. The first kappa shape index (κ1) is 11.5. The summed E-state index contributed by atoms with van der Waals surface area (Å²) in [4.78, 5) is 16.8. The lowest BCUT2D eigenvalue weighted by Crippen LogP contribution is -2.39. The Morgan fingerprint density at radius 1 is 1.50 bits per heavy atom. The van der Waals surface area contributed by atoms with Crippen molar-refractivity contribution in [2.75, 3.05) is 6.61 Å². The average molecular weight is 201 g/mol. The van der Waals surface area contributed by atoms with Crippen LogP contribution in [-0.4, -0.2) is 24.2 Å². The van der Waals surface area contributed by atoms with Crippen LogP contribution in [0.2, 0.25) is 0 Å². The zero-order chi connectivity index (χ0) is 10.8. The lowest BCUT2D eigenvalue weighted by Gasteiger charge is -2.21. The van der Waals surface area contributed by atoms with Crippen LogP contribution < -0.4 is 5.48 Å². The van der Waals surface area contributed by atoms with E-state index in [-0.39, 0.29) is 23.5 Å². The summed E-state index contributed by atoms with van der Waals surface area (Å²) in [5, 5.41) is 0. The molecule has 1 rings (SSSR count). The summed E-state index contributed by atoms with van der Waals surface area (Å²) >= 11 is 0. The molecule has 1 amide bonds. The minimum absolute atomic E-state index is 0.00133. The lowest BCUT2D eigenvalue weighted by molar-refractivity contribution is -0.151. The maximum Gasteiger partial charge on any atom is 0.249 e. The Morgan fingerprint density at radius 3 is 2.57 bits per heavy atom. The van der Waals surface area contributed by atoms with Crippen LogP contribution in [0, 0.1) is 5.92 Å². The maximum atomic E-state index is 11.6. The SMILES string of the molecule is CC1OCCC1C(=O)NOC(C)(C)C. The van der Waals surface area contributed by atoms with Gasteiger partial charge in [-0.05, 0) is 34.1 Å². The van der Waals surface area contributed by atoms with Crippen LogP contribution >= 0.6 is 0 Å². The molecule has 0 saturated carbocycles. The van der Waals surface area contributed by atoms with E-state index in [1.165, 1.54) is 0 Å². The highest BCUT2D eigenvalue weighted by Gasteiger charge is 2.31. The minimum Gasteiger partial charge on any atom is -0.378 e. The highest BCUT2D eigenvalue weighted by atomic mass is 16.7. The van der Waals surface area contributed by atoms with Gasteiger partial charge >= 0.3 is 0 Å². The number of rotatable bonds is 2. The second kappa shape index (κ2) is 4.28. The van der Waals surface area contributed by atoms with Crippen LogP contribution in [0.4, 0.5) is 0 Å². The summed E-state index contributed by atoms with van der Waals surface area (Å²) in [5.41, 5.74) is 2.13. The van der Waals surface area contributed by atoms with E-state index in [0.717, 1.165) is 6.42 Å². The molecule has 2 unspecified atom stereocenters. The predicted octanol–water partition coefficient (Wildman–Crippen LogP) is 1.26. The molecule has 0 aromatic heterocycles. The van der Waals surface area contributed by atoms with Crippen molar-refractivity contribution < 1.29 is 14.4 Å². The van der Waals surface area contributed by atoms with Gasteiger partial charge in [-0.1, -0.05) is 0 Å². The summed E-state index contributed by atoms with van der Waals surface area (Å²) in [5.74, 6) is -0.151. The highest BCUT2D eigenvalue weighted by molar-refractivity contribution is 5.78. The fourth-order valence-electron chi connectivity index (χ4n) is 1.36. The molecule has 0 spiro atoms. The monoisotopic (exact) mass is 201 g/mol. The standard InChI is InChI=1S/C10H19NO3/c1-7-8(5-6-13-7)9(12)11-14-10(2,3)4/h7-8H,5-6H2,1-4H3,(H,11,12). The maximum absolute atomic E-state index is 11.6. The molecule has 82 valence electrons. The Labute approximate surface area is 84.9 Å². The third-order valence-corrected chi connectivity index (χ3v) is 2.17. The van der Waals surface area contributed by atoms with Crippen molar-refractivity contribution in [1.29, 1.82) is 0 Å². The molecule has 4 heteroatoms. The second-order valence-electron chi connectivity index (χ2n) is 4.65. The number of amides is 1. The van der Waals surface area contributed by atoms with Crippen molar-refractivity contribution in [3.63, 3.8) is 0 Å². The van der Waals surface area contributed by atoms with Crippen molar-refractivity contribution in [2.24, 2.45) is 5.92 Å². The number of hydrogen-bond donors (Lipinski definition) is 1. The van der Waals surface area contributed by atoms with Gasteiger partial charge in [0.15, 0.2) is 0 Å². The minimum atomic E-state index is -0.349. The van der Waals surface area contributed by atoms with Crippen LogP contribution in [0.1, 0.15) is 34.1 Å². The normalized spacial score (nSPS) is 27.7. The Kier molecular flexibility index (Phi) is 3.50. The van der Waals surface area contributed by atoms with Gasteiger partial charge in [-0.25, -0.2) is 5.48 Å². The van der Waals surface area contributed by atoms with Crippen molar-refractivity contribution in [1.82, 2.24) is 5.48 Å². The van der Waals surface area contributed by atoms with Crippen LogP contribution in [0.15, 0.2) is 0 Å². The van der Waals surface area contributed by atoms with Gasteiger partial charge in [0.05, 0.1) is 17.6 Å². The summed E-state index contributed by atoms with van der Waals surface area (Å²) in [6.07, 6.45) is 0.777. The van der Waals surface area contributed by atoms with Gasteiger partial charge in [0.25, 0.3) is 0 Å². The molecule has 14 heavy (non-hydrogen) atoms. The third kappa shape index (κ3) is 3.27. The molecular formula is C10H19NO3. The van der Waals surface area contributed by atoms with Gasteiger partial charge < -0.3 is 4.74 Å². The molecule has 1 aliphatic heterocycles. The topological polar surface area (TPSA) is 47.6 Å². The van der Waals surface area contributed by atoms with Gasteiger partial charge in [0, 0.05) is 6.61 Å². The summed E-state index contributed by atoms with van der Waals surface area (Å²) < 4.78 is 5.30. The molecule has 2 atom stereocenters. The van der Waals surface area contributed by atoms with Crippen molar-refractivity contribution in [2.45, 2.75) is 45.8 Å². The van der Waals surface area contributed by atoms with Gasteiger partial charge in [-0.2, -0.15) is 0 Å². The van der Waals surface area contributed by atoms with Crippen molar-refractivity contribution in [3.05, 3.63) is 0 Å². The molecular weight excluding hydrogens is 182 g/mol. The van der Waals surface area contributed by atoms with Gasteiger partial charge in [-0.15, -0.1) is 0 Å². The molecule has 1 heterocycles. The Hall–Kier alpha value is -0.610. The van der Waals surface area contributed by atoms with E-state index in [4.69, 9.17) is 9.57 Å². The van der Waals surface area contributed by atoms with Gasteiger partial charge in [-0.3, -0.25) is 9.63 Å². The molecule has 0 radical (unpaired) electrons. The first-order valence-corrected chi connectivity index (χ1v) is 4.99. The first-order valence-electron chi connectivity index (χ1n) is 4.99. The van der Waals surface area contributed by atoms with Crippen molar-refractivity contribution in [3.8, 4) is 0 Å². The zero-order valence-corrected chi connectivity index (χ0v) is 9.29. The van der Waals surface area contributed by atoms with Gasteiger partial charge in [0.1, 0.15) is 0 Å². The second-order valence-corrected chi connectivity index (χ2v) is 4.65. The molecule has 1 N–H and O–H groups in total. The fraction of sp³-hybridized carbons (Fsp3) is 0.900. The number of carbonyl (C=O) groups excluding carboxylic acids is 1. The van der Waals surface area contributed by atoms with E-state index >= 15 is 0 Å². The molecule has 0 aromatic carbocycles. The number of carbonyl (C=O) groups is 1. The average Bonchev–Trinajstić information content (AvgIpc) is 2.46. The van der Waals surface area contributed by atoms with Gasteiger partial charge in [0.2, 0.25) is 5.91 Å². The largest absolute Gasteiger partial charge is 0.378 e. The summed E-state index contributed by atoms with van der Waals surface area (Å²) in [7, 11) is 0. The van der Waals surface area contributed by atoms with E-state index in [0.29, 0.717) is 6.61 Å². The van der Waals surface area contributed by atoms with Crippen LogP contribution in [-0.2, 0) is 14.4 Å². The van der Waals surface area contributed by atoms with Crippen LogP contribution in [0.5, 0.6) is 0 Å². The van der Waals surface area contributed by atoms with E-state index in [1.807, 2.05) is 27.7 Å². The number of ether oxygens (including phenoxy) is 1. The number of nitrogens with one attached hydrogen (secondary N) is 1. The molecule has 0 aliphatic carbocycles. The smallest absolute Gasteiger partial charge is 0.249 e. The van der Waals surface area contributed by atoms with E-state index in [2.05, 4.69) is 5.48 Å². The van der Waals surface area contributed by atoms with E-state index in [1.54, 1.807) is 0 Å². The van der Waals surface area contributed by atoms with Crippen molar-refractivity contribution >= 4 is 5.91 Å². The highest BCUT2D eigenvalue weighted by Crippen LogP contribution is 2.20. The third-order valence-electron chi connectivity index (χ3n) is 2.17. The zero-order valence-electron chi connectivity index (χ0n) is 9.29. The Bertz CT molecular complexity index is 210. The van der Waals surface area contributed by atoms with E-state index in [9.17, 15) is 4.79 Å². The molecule has 1 saturated heterocycles. The Morgan fingerprint density at radius 2 is 2.14 bits per heavy atom. The van der Waals surface area contributed by atoms with Crippen LogP contribution in [0.3, 0.4) is 0 Å². The number of hydrogen-bond acceptors (Lipinski definition) is 3. The quantitative estimate of drug-likeness (QED) is 0.684. The Balaban J connectivity index is 2.35. The summed E-state index contributed by atoms with van der Waals surface area (Å²) in [6, 6.07) is 0. The number of hydroxylamine groups is 1. The predicted molar refractivity (Wildman–Crippen MR) is 52.5 cm³/mol. The molecule has 4 nitrogen and oxygen atoms in total. The summed E-state index contributed by atoms with van der Waals surface area (Å²) in [6.45, 7) is 8.24. The lowest BCUT2D eigenvalue weighted by atomic mass is 10.0. The molecule has 0 bridgehead atoms. The van der Waals surface area contributed by atoms with E-state index < -0.39 is 0 Å². The molecule has 1 fully saturated rings. The fourth-order valence-corrected chi connectivity index (χ4v) is 1.36. The molecule has 1 aliphatic rings.